The maximum absolute atomic E-state index is 12.3. The van der Waals surface area contributed by atoms with E-state index in [9.17, 15) is 18.0 Å². The molecule has 3 aromatic rings. The van der Waals surface area contributed by atoms with Gasteiger partial charge in [-0.15, -0.1) is 0 Å². The molecule has 9 heteroatoms. The number of alkyl halides is 3. The Kier molecular flexibility index (Phi) is 10.8. The molecule has 2 N–H and O–H groups in total. The first-order valence-electron chi connectivity index (χ1n) is 14.1. The number of carbonyl (C=O) groups excluding carboxylic acids is 1. The summed E-state index contributed by atoms with van der Waals surface area (Å²) in [4.78, 5) is 21.2. The lowest BCUT2D eigenvalue weighted by Gasteiger charge is -2.32. The molecule has 2 fully saturated rings. The second-order valence-electron chi connectivity index (χ2n) is 10.6. The number of piperidine rings is 1. The van der Waals surface area contributed by atoms with Crippen molar-refractivity contribution in [3.63, 3.8) is 0 Å². The van der Waals surface area contributed by atoms with E-state index in [1.807, 2.05) is 0 Å². The summed E-state index contributed by atoms with van der Waals surface area (Å²) in [5.74, 6) is -2.32. The zero-order chi connectivity index (χ0) is 29.2. The van der Waals surface area contributed by atoms with E-state index >= 15 is 0 Å². The van der Waals surface area contributed by atoms with Gasteiger partial charge in [0.2, 0.25) is 0 Å². The predicted molar refractivity (Wildman–Crippen MR) is 149 cm³/mol. The molecule has 1 saturated heterocycles. The number of carbonyl (C=O) groups is 2. The molecule has 220 valence electrons. The summed E-state index contributed by atoms with van der Waals surface area (Å²) in [6, 6.07) is 23.6. The third-order valence-electron chi connectivity index (χ3n) is 7.67. The number of ether oxygens (including phenoxy) is 2. The molecule has 2 unspecified atom stereocenters. The Morgan fingerprint density at radius 3 is 2.20 bits per heavy atom. The van der Waals surface area contributed by atoms with Gasteiger partial charge in [-0.25, -0.2) is 4.79 Å². The van der Waals surface area contributed by atoms with E-state index in [1.54, 1.807) is 0 Å². The molecule has 1 aliphatic carbocycles. The van der Waals surface area contributed by atoms with Crippen molar-refractivity contribution >= 4 is 22.7 Å². The van der Waals surface area contributed by atoms with E-state index in [0.717, 1.165) is 50.8 Å². The fourth-order valence-electron chi connectivity index (χ4n) is 5.39. The maximum Gasteiger partial charge on any atom is 0.490 e. The molecule has 2 atom stereocenters. The van der Waals surface area contributed by atoms with E-state index in [4.69, 9.17) is 19.4 Å². The average molecular weight is 572 g/mol. The second kappa shape index (κ2) is 14.5. The molecule has 1 heterocycles. The molecular weight excluding hydrogens is 535 g/mol. The summed E-state index contributed by atoms with van der Waals surface area (Å²) >= 11 is 0. The summed E-state index contributed by atoms with van der Waals surface area (Å²) in [6.07, 6.45) is 1.61. The van der Waals surface area contributed by atoms with Crippen molar-refractivity contribution in [2.45, 2.75) is 69.9 Å². The normalized spacial score (nSPS) is 19.7. The number of carboxylic acids is 1. The number of halogens is 3. The van der Waals surface area contributed by atoms with Crippen molar-refractivity contribution in [2.75, 3.05) is 13.1 Å². The lowest BCUT2D eigenvalue weighted by molar-refractivity contribution is -0.192. The molecule has 41 heavy (non-hydrogen) atoms. The van der Waals surface area contributed by atoms with E-state index in [1.165, 1.54) is 28.3 Å². The van der Waals surface area contributed by atoms with Crippen LogP contribution in [0.3, 0.4) is 0 Å². The van der Waals surface area contributed by atoms with Gasteiger partial charge >= 0.3 is 18.1 Å². The van der Waals surface area contributed by atoms with Crippen LogP contribution in [0.4, 0.5) is 13.2 Å². The first kappa shape index (κ1) is 30.5. The highest BCUT2D eigenvalue weighted by Gasteiger charge is 2.38. The zero-order valence-corrected chi connectivity index (χ0v) is 22.9. The number of rotatable bonds is 7. The molecule has 0 spiro atoms. The summed E-state index contributed by atoms with van der Waals surface area (Å²) in [5, 5.41) is 13.1. The highest BCUT2D eigenvalue weighted by atomic mass is 19.4. The van der Waals surface area contributed by atoms with Crippen LogP contribution in [0.15, 0.2) is 66.7 Å². The summed E-state index contributed by atoms with van der Waals surface area (Å²) in [7, 11) is 0. The highest BCUT2D eigenvalue weighted by molar-refractivity contribution is 5.83. The summed E-state index contributed by atoms with van der Waals surface area (Å²) in [5.41, 5.74) is 3.56. The predicted octanol–water partition coefficient (Wildman–Crippen LogP) is 6.76. The first-order chi connectivity index (χ1) is 19.7. The molecular formula is C32H36F3NO5. The molecule has 2 aliphatic rings. The Labute approximate surface area is 237 Å². The number of esters is 1. The lowest BCUT2D eigenvalue weighted by atomic mass is 9.87. The Balaban J connectivity index is 0.000000493. The topological polar surface area (TPSA) is 84.9 Å². The van der Waals surface area contributed by atoms with Gasteiger partial charge < -0.3 is 19.9 Å². The van der Waals surface area contributed by atoms with Crippen molar-refractivity contribution in [3.05, 3.63) is 83.4 Å². The van der Waals surface area contributed by atoms with Gasteiger partial charge in [-0.3, -0.25) is 4.79 Å². The van der Waals surface area contributed by atoms with E-state index in [-0.39, 0.29) is 18.0 Å². The van der Waals surface area contributed by atoms with Crippen LogP contribution in [0.2, 0.25) is 0 Å². The number of aliphatic carboxylic acids is 1. The Morgan fingerprint density at radius 1 is 0.854 bits per heavy atom. The molecule has 3 aromatic carbocycles. The van der Waals surface area contributed by atoms with Crippen LogP contribution in [0, 0.1) is 5.92 Å². The van der Waals surface area contributed by atoms with Crippen LogP contribution in [0.5, 0.6) is 0 Å². The summed E-state index contributed by atoms with van der Waals surface area (Å²) in [6.45, 7) is 2.84. The largest absolute Gasteiger partial charge is 0.490 e. The Hall–Kier alpha value is -3.43. The fourth-order valence-corrected chi connectivity index (χ4v) is 5.39. The minimum atomic E-state index is -5.08. The first-order valence-corrected chi connectivity index (χ1v) is 14.1. The maximum atomic E-state index is 12.3. The average Bonchev–Trinajstić information content (AvgIpc) is 2.99. The molecule has 0 aromatic heterocycles. The van der Waals surface area contributed by atoms with E-state index < -0.39 is 12.1 Å². The van der Waals surface area contributed by atoms with Gasteiger partial charge in [0.05, 0.1) is 18.6 Å². The van der Waals surface area contributed by atoms with Crippen LogP contribution in [0.1, 0.15) is 61.1 Å². The minimum Gasteiger partial charge on any atom is -0.475 e. The molecule has 6 nitrogen and oxygen atoms in total. The van der Waals surface area contributed by atoms with Gasteiger partial charge in [0.1, 0.15) is 6.61 Å². The lowest BCUT2D eigenvalue weighted by Crippen LogP contribution is -2.40. The number of hydrogen-bond acceptors (Lipinski definition) is 5. The van der Waals surface area contributed by atoms with Crippen LogP contribution in [0.25, 0.3) is 10.8 Å². The van der Waals surface area contributed by atoms with Crippen molar-refractivity contribution in [3.8, 4) is 0 Å². The van der Waals surface area contributed by atoms with Crippen LogP contribution < -0.4 is 5.32 Å². The standard InChI is InChI=1S/C30H35NO3.C2HF3O2/c32-30(26-7-2-1-3-8-26)34-20-22-10-14-25(15-11-22)28-16-17-31-19-29(28)33-21-23-12-13-24-6-4-5-9-27(24)18-23;3-2(4,5)1(6)7/h4-6,9-15,18,26,28-29,31H,1-3,7-8,16-17,19-21H2;(H,6,7). The Bertz CT molecular complexity index is 1290. The molecule has 5 rings (SSSR count). The molecule has 0 amide bonds. The molecule has 1 saturated carbocycles. The fraction of sp³-hybridized carbons (Fsp3) is 0.438. The minimum absolute atomic E-state index is 0.0238. The van der Waals surface area contributed by atoms with Crippen LogP contribution >= 0.6 is 0 Å². The number of benzene rings is 3. The van der Waals surface area contributed by atoms with Gasteiger partial charge in [-0.05, 0) is 59.3 Å². The van der Waals surface area contributed by atoms with Crippen LogP contribution in [-0.2, 0) is 32.3 Å². The summed E-state index contributed by atoms with van der Waals surface area (Å²) < 4.78 is 43.8. The SMILES string of the molecule is O=C(O)C(F)(F)F.O=C(OCc1ccc(C2CCNCC2OCc2ccc3ccccc3c2)cc1)C1CCCCC1. The highest BCUT2D eigenvalue weighted by Crippen LogP contribution is 2.30. The number of carboxylic acid groups (broad SMARTS) is 1. The van der Waals surface area contributed by atoms with Crippen molar-refractivity contribution in [2.24, 2.45) is 5.92 Å². The van der Waals surface area contributed by atoms with Gasteiger partial charge in [0.25, 0.3) is 0 Å². The molecule has 1 aliphatic heterocycles. The van der Waals surface area contributed by atoms with Crippen molar-refractivity contribution in [1.29, 1.82) is 0 Å². The number of nitrogens with one attached hydrogen (secondary N) is 1. The third-order valence-corrected chi connectivity index (χ3v) is 7.67. The van der Waals surface area contributed by atoms with Gasteiger partial charge in [0, 0.05) is 12.5 Å². The van der Waals surface area contributed by atoms with E-state index in [0.29, 0.717) is 19.1 Å². The number of fused-ring (bicyclic) bond motifs is 1. The molecule has 0 bridgehead atoms. The van der Waals surface area contributed by atoms with Crippen LogP contribution in [-0.4, -0.2) is 42.4 Å². The van der Waals surface area contributed by atoms with Gasteiger partial charge in [0.15, 0.2) is 0 Å². The van der Waals surface area contributed by atoms with Gasteiger partial charge in [-0.1, -0.05) is 79.9 Å². The zero-order valence-electron chi connectivity index (χ0n) is 22.9. The Morgan fingerprint density at radius 2 is 1.51 bits per heavy atom. The quantitative estimate of drug-likeness (QED) is 0.305. The van der Waals surface area contributed by atoms with E-state index in [2.05, 4.69) is 72.0 Å². The molecule has 0 radical (unpaired) electrons. The van der Waals surface area contributed by atoms with Crippen molar-refractivity contribution in [1.82, 2.24) is 5.32 Å². The third kappa shape index (κ3) is 9.03. The smallest absolute Gasteiger partial charge is 0.475 e. The second-order valence-corrected chi connectivity index (χ2v) is 10.6. The van der Waals surface area contributed by atoms with Crippen molar-refractivity contribution < 1.29 is 37.3 Å². The number of hydrogen-bond donors (Lipinski definition) is 2. The van der Waals surface area contributed by atoms with Gasteiger partial charge in [-0.2, -0.15) is 13.2 Å². The monoisotopic (exact) mass is 571 g/mol.